The van der Waals surface area contributed by atoms with E-state index in [0.717, 1.165) is 51.4 Å². The van der Waals surface area contributed by atoms with Gasteiger partial charge in [0.2, 0.25) is 0 Å². The second kappa shape index (κ2) is 17.5. The predicted molar refractivity (Wildman–Crippen MR) is 128 cm³/mol. The number of hydrogen-bond acceptors (Lipinski definition) is 3. The molecule has 1 aliphatic rings. The van der Waals surface area contributed by atoms with Crippen molar-refractivity contribution in [3.05, 3.63) is 0 Å². The molecule has 31 heavy (non-hydrogen) atoms. The maximum Gasteiger partial charge on any atom is 0.310 e. The highest BCUT2D eigenvalue weighted by Gasteiger charge is 2.38. The molecular weight excluding hydrogens is 388 g/mol. The number of ether oxygens (including phenoxy) is 1. The molecule has 0 aromatic heterocycles. The molecule has 4 atom stereocenters. The largest absolute Gasteiger partial charge is 0.481 e. The van der Waals surface area contributed by atoms with Crippen molar-refractivity contribution in [2.75, 3.05) is 0 Å². The number of aliphatic carboxylic acids is 1. The molecule has 1 rings (SSSR count). The zero-order valence-electron chi connectivity index (χ0n) is 20.7. The van der Waals surface area contributed by atoms with Crippen molar-refractivity contribution in [3.8, 4) is 0 Å². The van der Waals surface area contributed by atoms with E-state index in [4.69, 9.17) is 4.74 Å². The van der Waals surface area contributed by atoms with Gasteiger partial charge in [-0.05, 0) is 44.4 Å². The van der Waals surface area contributed by atoms with Crippen molar-refractivity contribution in [3.63, 3.8) is 0 Å². The highest BCUT2D eigenvalue weighted by molar-refractivity contribution is 5.81. The highest BCUT2D eigenvalue weighted by Crippen LogP contribution is 2.33. The van der Waals surface area contributed by atoms with Gasteiger partial charge < -0.3 is 9.84 Å². The summed E-state index contributed by atoms with van der Waals surface area (Å²) in [4.78, 5) is 24.6. The summed E-state index contributed by atoms with van der Waals surface area (Å²) < 4.78 is 6.09. The van der Waals surface area contributed by atoms with Crippen molar-refractivity contribution >= 4 is 11.9 Å². The van der Waals surface area contributed by atoms with Crippen LogP contribution in [0.3, 0.4) is 0 Å². The van der Waals surface area contributed by atoms with Crippen LogP contribution < -0.4 is 0 Å². The normalized spacial score (nSPS) is 20.9. The number of unbranched alkanes of at least 4 members (excludes halogenated alkanes) is 9. The zero-order chi connectivity index (χ0) is 22.9. The SMILES string of the molecule is CCCCCCCCCCCC(OC(=O)C1CCCCC1C(=O)O)C(CC)CCCC. The van der Waals surface area contributed by atoms with Crippen LogP contribution in [0, 0.1) is 17.8 Å². The Labute approximate surface area is 191 Å². The number of carboxylic acids is 1. The van der Waals surface area contributed by atoms with E-state index in [1.165, 1.54) is 51.4 Å². The fourth-order valence-corrected chi connectivity index (χ4v) is 5.11. The van der Waals surface area contributed by atoms with E-state index in [1.807, 2.05) is 0 Å². The van der Waals surface area contributed by atoms with Crippen LogP contribution >= 0.6 is 0 Å². The van der Waals surface area contributed by atoms with Crippen molar-refractivity contribution in [2.24, 2.45) is 17.8 Å². The molecule has 0 bridgehead atoms. The van der Waals surface area contributed by atoms with Crippen LogP contribution in [0.1, 0.15) is 136 Å². The van der Waals surface area contributed by atoms with Gasteiger partial charge in [-0.2, -0.15) is 0 Å². The van der Waals surface area contributed by atoms with Gasteiger partial charge in [0.15, 0.2) is 0 Å². The van der Waals surface area contributed by atoms with Gasteiger partial charge in [-0.1, -0.05) is 97.8 Å². The lowest BCUT2D eigenvalue weighted by atomic mass is 9.79. The van der Waals surface area contributed by atoms with Crippen LogP contribution in [0.5, 0.6) is 0 Å². The fraction of sp³-hybridized carbons (Fsp3) is 0.926. The number of hydrogen-bond donors (Lipinski definition) is 1. The molecule has 0 aromatic rings. The molecule has 0 aromatic carbocycles. The molecule has 4 heteroatoms. The van der Waals surface area contributed by atoms with Gasteiger partial charge in [0, 0.05) is 0 Å². The van der Waals surface area contributed by atoms with Crippen LogP contribution in [0.15, 0.2) is 0 Å². The standard InChI is InChI=1S/C27H50O4/c1-4-7-9-10-11-12-13-14-15-21-25(22(6-3)18-8-5-2)31-27(30)24-20-17-16-19-23(24)26(28)29/h22-25H,4-21H2,1-3H3,(H,28,29). The number of rotatable bonds is 18. The lowest BCUT2D eigenvalue weighted by Crippen LogP contribution is -2.37. The molecule has 182 valence electrons. The van der Waals surface area contributed by atoms with E-state index >= 15 is 0 Å². The van der Waals surface area contributed by atoms with E-state index in [1.54, 1.807) is 0 Å². The minimum absolute atomic E-state index is 0.0509. The lowest BCUT2D eigenvalue weighted by molar-refractivity contribution is -0.166. The van der Waals surface area contributed by atoms with Crippen molar-refractivity contribution in [1.29, 1.82) is 0 Å². The molecule has 1 fully saturated rings. The summed E-state index contributed by atoms with van der Waals surface area (Å²) in [5.74, 6) is -1.71. The maximum absolute atomic E-state index is 13.0. The first kappa shape index (κ1) is 28.0. The van der Waals surface area contributed by atoms with Crippen LogP contribution in [0.2, 0.25) is 0 Å². The Hall–Kier alpha value is -1.06. The molecule has 0 amide bonds. The van der Waals surface area contributed by atoms with Gasteiger partial charge >= 0.3 is 11.9 Å². The summed E-state index contributed by atoms with van der Waals surface area (Å²) in [7, 11) is 0. The molecule has 0 aliphatic heterocycles. The Kier molecular flexibility index (Phi) is 15.8. The van der Waals surface area contributed by atoms with Gasteiger partial charge in [-0.3, -0.25) is 9.59 Å². The van der Waals surface area contributed by atoms with E-state index in [-0.39, 0.29) is 12.1 Å². The van der Waals surface area contributed by atoms with Gasteiger partial charge in [0.05, 0.1) is 11.8 Å². The summed E-state index contributed by atoms with van der Waals surface area (Å²) in [5, 5.41) is 9.55. The molecule has 1 N–H and O–H groups in total. The van der Waals surface area contributed by atoms with Gasteiger partial charge in [0.25, 0.3) is 0 Å². The molecule has 0 radical (unpaired) electrons. The predicted octanol–water partition coefficient (Wildman–Crippen LogP) is 7.93. The van der Waals surface area contributed by atoms with Gasteiger partial charge in [0.1, 0.15) is 6.10 Å². The van der Waals surface area contributed by atoms with E-state index in [9.17, 15) is 14.7 Å². The van der Waals surface area contributed by atoms with Crippen molar-refractivity contribution in [2.45, 2.75) is 142 Å². The van der Waals surface area contributed by atoms with E-state index in [0.29, 0.717) is 18.8 Å². The molecule has 4 unspecified atom stereocenters. The average Bonchev–Trinajstić information content (AvgIpc) is 2.78. The number of esters is 1. The van der Waals surface area contributed by atoms with Gasteiger partial charge in [-0.25, -0.2) is 0 Å². The van der Waals surface area contributed by atoms with Crippen LogP contribution in [0.25, 0.3) is 0 Å². The molecule has 0 saturated heterocycles. The average molecular weight is 439 g/mol. The molecule has 1 saturated carbocycles. The first-order valence-corrected chi connectivity index (χ1v) is 13.5. The summed E-state index contributed by atoms with van der Waals surface area (Å²) in [6.45, 7) is 6.65. The zero-order valence-corrected chi connectivity index (χ0v) is 20.7. The van der Waals surface area contributed by atoms with Crippen molar-refractivity contribution < 1.29 is 19.4 Å². The first-order valence-electron chi connectivity index (χ1n) is 13.5. The molecule has 0 heterocycles. The summed E-state index contributed by atoms with van der Waals surface area (Å²) in [6, 6.07) is 0. The van der Waals surface area contributed by atoms with E-state index < -0.39 is 17.8 Å². The van der Waals surface area contributed by atoms with Crippen LogP contribution in [-0.4, -0.2) is 23.1 Å². The van der Waals surface area contributed by atoms with Crippen molar-refractivity contribution in [1.82, 2.24) is 0 Å². The summed E-state index contributed by atoms with van der Waals surface area (Å²) >= 11 is 0. The molecular formula is C27H50O4. The molecule has 4 nitrogen and oxygen atoms in total. The van der Waals surface area contributed by atoms with E-state index in [2.05, 4.69) is 20.8 Å². The minimum atomic E-state index is -0.838. The second-order valence-corrected chi connectivity index (χ2v) is 9.74. The third-order valence-corrected chi connectivity index (χ3v) is 7.22. The second-order valence-electron chi connectivity index (χ2n) is 9.74. The smallest absolute Gasteiger partial charge is 0.310 e. The molecule has 0 spiro atoms. The lowest BCUT2D eigenvalue weighted by Gasteiger charge is -2.31. The number of carbonyl (C=O) groups is 2. The third kappa shape index (κ3) is 11.4. The minimum Gasteiger partial charge on any atom is -0.481 e. The van der Waals surface area contributed by atoms with Crippen LogP contribution in [0.4, 0.5) is 0 Å². The number of carbonyl (C=O) groups excluding carboxylic acids is 1. The Morgan fingerprint density at radius 2 is 1.32 bits per heavy atom. The first-order chi connectivity index (χ1) is 15.0. The Balaban J connectivity index is 2.55. The molecule has 1 aliphatic carbocycles. The number of carboxylic acid groups (broad SMARTS) is 1. The highest BCUT2D eigenvalue weighted by atomic mass is 16.5. The summed E-state index contributed by atoms with van der Waals surface area (Å²) in [6.07, 6.45) is 20.0. The maximum atomic E-state index is 13.0. The fourth-order valence-electron chi connectivity index (χ4n) is 5.11. The Morgan fingerprint density at radius 3 is 1.87 bits per heavy atom. The quantitative estimate of drug-likeness (QED) is 0.174. The van der Waals surface area contributed by atoms with Crippen LogP contribution in [-0.2, 0) is 14.3 Å². The topological polar surface area (TPSA) is 63.6 Å². The van der Waals surface area contributed by atoms with Gasteiger partial charge in [-0.15, -0.1) is 0 Å². The monoisotopic (exact) mass is 438 g/mol. The Morgan fingerprint density at radius 1 is 0.774 bits per heavy atom. The third-order valence-electron chi connectivity index (χ3n) is 7.22. The summed E-state index contributed by atoms with van der Waals surface area (Å²) in [5.41, 5.74) is 0. The Bertz CT molecular complexity index is 476.